The van der Waals surface area contributed by atoms with Crippen LogP contribution in [-0.2, 0) is 6.54 Å². The SMILES string of the molecule is CC(O)C(C)(C)NCc1c(Cl)cccc1Cl. The van der Waals surface area contributed by atoms with Crippen molar-refractivity contribution in [1.29, 1.82) is 0 Å². The Balaban J connectivity index is 2.75. The van der Waals surface area contributed by atoms with Crippen molar-refractivity contribution in [3.63, 3.8) is 0 Å². The van der Waals surface area contributed by atoms with Gasteiger partial charge in [0, 0.05) is 27.7 Å². The second-order valence-electron chi connectivity index (χ2n) is 4.45. The van der Waals surface area contributed by atoms with Crippen LogP contribution in [0.2, 0.25) is 10.0 Å². The third-order valence-corrected chi connectivity index (χ3v) is 3.54. The molecule has 1 atom stereocenters. The summed E-state index contributed by atoms with van der Waals surface area (Å²) in [6, 6.07) is 5.42. The average molecular weight is 262 g/mol. The first-order valence-electron chi connectivity index (χ1n) is 5.20. The Kier molecular flexibility index (Phi) is 4.62. The van der Waals surface area contributed by atoms with Gasteiger partial charge in [-0.05, 0) is 32.9 Å². The molecular formula is C12H17Cl2NO. The number of hydrogen-bond donors (Lipinski definition) is 2. The fraction of sp³-hybridized carbons (Fsp3) is 0.500. The van der Waals surface area contributed by atoms with Crippen molar-refractivity contribution in [2.75, 3.05) is 0 Å². The van der Waals surface area contributed by atoms with E-state index in [9.17, 15) is 5.11 Å². The second-order valence-corrected chi connectivity index (χ2v) is 5.27. The first-order chi connectivity index (χ1) is 7.34. The van der Waals surface area contributed by atoms with E-state index in [1.165, 1.54) is 0 Å². The highest BCUT2D eigenvalue weighted by Gasteiger charge is 2.23. The van der Waals surface area contributed by atoms with Crippen LogP contribution in [0.3, 0.4) is 0 Å². The predicted octanol–water partition coefficient (Wildman–Crippen LogP) is 3.24. The highest BCUT2D eigenvalue weighted by atomic mass is 35.5. The summed E-state index contributed by atoms with van der Waals surface area (Å²) >= 11 is 12.1. The molecule has 90 valence electrons. The lowest BCUT2D eigenvalue weighted by molar-refractivity contribution is 0.0956. The maximum absolute atomic E-state index is 9.57. The number of benzene rings is 1. The fourth-order valence-corrected chi connectivity index (χ4v) is 1.70. The van der Waals surface area contributed by atoms with Gasteiger partial charge in [-0.3, -0.25) is 0 Å². The summed E-state index contributed by atoms with van der Waals surface area (Å²) in [6.45, 7) is 6.16. The van der Waals surface area contributed by atoms with Gasteiger partial charge in [-0.2, -0.15) is 0 Å². The van der Waals surface area contributed by atoms with Gasteiger partial charge in [0.2, 0.25) is 0 Å². The Labute approximate surface area is 107 Å². The molecule has 0 spiro atoms. The molecule has 0 heterocycles. The summed E-state index contributed by atoms with van der Waals surface area (Å²) in [6.07, 6.45) is -0.450. The van der Waals surface area contributed by atoms with E-state index < -0.39 is 6.10 Å². The third kappa shape index (κ3) is 3.36. The number of aliphatic hydroxyl groups excluding tert-OH is 1. The molecule has 0 aliphatic heterocycles. The summed E-state index contributed by atoms with van der Waals surface area (Å²) in [4.78, 5) is 0. The quantitative estimate of drug-likeness (QED) is 0.873. The third-order valence-electron chi connectivity index (χ3n) is 2.83. The number of hydrogen-bond acceptors (Lipinski definition) is 2. The van der Waals surface area contributed by atoms with Crippen molar-refractivity contribution >= 4 is 23.2 Å². The van der Waals surface area contributed by atoms with Crippen molar-refractivity contribution in [3.8, 4) is 0 Å². The molecule has 0 aliphatic carbocycles. The molecule has 0 bridgehead atoms. The largest absolute Gasteiger partial charge is 0.392 e. The van der Waals surface area contributed by atoms with Crippen LogP contribution in [0.5, 0.6) is 0 Å². The summed E-state index contributed by atoms with van der Waals surface area (Å²) in [7, 11) is 0. The molecule has 0 amide bonds. The Morgan fingerprint density at radius 2 is 1.81 bits per heavy atom. The maximum atomic E-state index is 9.57. The molecule has 1 aromatic carbocycles. The monoisotopic (exact) mass is 261 g/mol. The standard InChI is InChI=1S/C12H17Cl2NO/c1-8(16)12(2,3)15-7-9-10(13)5-4-6-11(9)14/h4-6,8,15-16H,7H2,1-3H3. The zero-order chi connectivity index (χ0) is 12.3. The smallest absolute Gasteiger partial charge is 0.0688 e. The molecule has 0 aliphatic rings. The van der Waals surface area contributed by atoms with Gasteiger partial charge in [-0.25, -0.2) is 0 Å². The maximum Gasteiger partial charge on any atom is 0.0688 e. The topological polar surface area (TPSA) is 32.3 Å². The van der Waals surface area contributed by atoms with E-state index in [2.05, 4.69) is 5.32 Å². The van der Waals surface area contributed by atoms with Crippen LogP contribution in [0, 0.1) is 0 Å². The molecule has 2 nitrogen and oxygen atoms in total. The van der Waals surface area contributed by atoms with Gasteiger partial charge >= 0.3 is 0 Å². The van der Waals surface area contributed by atoms with E-state index >= 15 is 0 Å². The second kappa shape index (κ2) is 5.37. The van der Waals surface area contributed by atoms with Crippen molar-refractivity contribution in [3.05, 3.63) is 33.8 Å². The van der Waals surface area contributed by atoms with Crippen molar-refractivity contribution in [2.24, 2.45) is 0 Å². The summed E-state index contributed by atoms with van der Waals surface area (Å²) in [5, 5.41) is 14.1. The van der Waals surface area contributed by atoms with Gasteiger partial charge < -0.3 is 10.4 Å². The van der Waals surface area contributed by atoms with Crippen LogP contribution in [0.4, 0.5) is 0 Å². The number of aliphatic hydroxyl groups is 1. The molecule has 0 saturated heterocycles. The number of halogens is 2. The van der Waals surface area contributed by atoms with Gasteiger partial charge in [-0.15, -0.1) is 0 Å². The van der Waals surface area contributed by atoms with Gasteiger partial charge in [0.15, 0.2) is 0 Å². The van der Waals surface area contributed by atoms with Crippen LogP contribution in [0.1, 0.15) is 26.3 Å². The van der Waals surface area contributed by atoms with E-state index in [1.54, 1.807) is 19.1 Å². The lowest BCUT2D eigenvalue weighted by Gasteiger charge is -2.29. The molecule has 0 fully saturated rings. The van der Waals surface area contributed by atoms with Gasteiger partial charge in [0.25, 0.3) is 0 Å². The van der Waals surface area contributed by atoms with E-state index in [4.69, 9.17) is 23.2 Å². The Bertz CT molecular complexity index is 344. The van der Waals surface area contributed by atoms with E-state index in [1.807, 2.05) is 19.9 Å². The molecule has 1 rings (SSSR count). The lowest BCUT2D eigenvalue weighted by Crippen LogP contribution is -2.47. The Morgan fingerprint density at radius 1 is 1.31 bits per heavy atom. The number of nitrogens with one attached hydrogen (secondary N) is 1. The normalized spacial score (nSPS) is 13.9. The van der Waals surface area contributed by atoms with Gasteiger partial charge in [0.05, 0.1) is 6.10 Å². The van der Waals surface area contributed by atoms with Crippen LogP contribution >= 0.6 is 23.2 Å². The molecule has 0 saturated carbocycles. The molecular weight excluding hydrogens is 245 g/mol. The summed E-state index contributed by atoms with van der Waals surface area (Å²) < 4.78 is 0. The zero-order valence-corrected chi connectivity index (χ0v) is 11.2. The minimum atomic E-state index is -0.450. The minimum absolute atomic E-state index is 0.373. The van der Waals surface area contributed by atoms with E-state index in [-0.39, 0.29) is 5.54 Å². The van der Waals surface area contributed by atoms with Crippen LogP contribution in [0.25, 0.3) is 0 Å². The van der Waals surface area contributed by atoms with Gasteiger partial charge in [-0.1, -0.05) is 29.3 Å². The first-order valence-corrected chi connectivity index (χ1v) is 5.96. The molecule has 16 heavy (non-hydrogen) atoms. The molecule has 2 N–H and O–H groups in total. The van der Waals surface area contributed by atoms with Crippen molar-refractivity contribution in [1.82, 2.24) is 5.32 Å². The van der Waals surface area contributed by atoms with Crippen LogP contribution in [0.15, 0.2) is 18.2 Å². The average Bonchev–Trinajstić information content (AvgIpc) is 2.16. The Morgan fingerprint density at radius 3 is 2.25 bits per heavy atom. The first kappa shape index (κ1) is 13.8. The minimum Gasteiger partial charge on any atom is -0.392 e. The van der Waals surface area contributed by atoms with Crippen LogP contribution < -0.4 is 5.32 Å². The fourth-order valence-electron chi connectivity index (χ4n) is 1.17. The number of rotatable bonds is 4. The highest BCUT2D eigenvalue weighted by molar-refractivity contribution is 6.35. The Hall–Kier alpha value is -0.280. The molecule has 1 aromatic rings. The molecule has 4 heteroatoms. The molecule has 0 aromatic heterocycles. The predicted molar refractivity (Wildman–Crippen MR) is 69.1 cm³/mol. The molecule has 1 unspecified atom stereocenters. The lowest BCUT2D eigenvalue weighted by atomic mass is 9.98. The van der Waals surface area contributed by atoms with Crippen molar-refractivity contribution in [2.45, 2.75) is 39.0 Å². The van der Waals surface area contributed by atoms with E-state index in [0.29, 0.717) is 16.6 Å². The zero-order valence-electron chi connectivity index (χ0n) is 9.72. The van der Waals surface area contributed by atoms with E-state index in [0.717, 1.165) is 5.56 Å². The molecule has 0 radical (unpaired) electrons. The summed E-state index contributed by atoms with van der Waals surface area (Å²) in [5.41, 5.74) is 0.488. The van der Waals surface area contributed by atoms with Gasteiger partial charge in [0.1, 0.15) is 0 Å². The van der Waals surface area contributed by atoms with Crippen LogP contribution in [-0.4, -0.2) is 16.7 Å². The summed E-state index contributed by atoms with van der Waals surface area (Å²) in [5.74, 6) is 0. The highest BCUT2D eigenvalue weighted by Crippen LogP contribution is 2.24. The van der Waals surface area contributed by atoms with Crippen molar-refractivity contribution < 1.29 is 5.11 Å².